The molecule has 3 amide bonds. The summed E-state index contributed by atoms with van der Waals surface area (Å²) in [5.41, 5.74) is 0. The highest BCUT2D eigenvalue weighted by molar-refractivity contribution is 14.0. The van der Waals surface area contributed by atoms with Crippen molar-refractivity contribution in [3.8, 4) is 0 Å². The fourth-order valence-corrected chi connectivity index (χ4v) is 2.88. The summed E-state index contributed by atoms with van der Waals surface area (Å²) in [6, 6.07) is -0.355. The molecule has 0 spiro atoms. The van der Waals surface area contributed by atoms with E-state index in [0.29, 0.717) is 38.7 Å². The van der Waals surface area contributed by atoms with Crippen LogP contribution in [0.3, 0.4) is 0 Å². The standard InChI is InChI=1S/C15H25N5O4.HI/c1-3-24-13(22)11-4-7-19(8-5-11)14(16-2)17-6-9-20-12(21)10-18-15(20)23;/h11H,3-10H2,1-2H3,(H,16,17)(H,18,23);1H. The molecule has 10 heteroatoms. The number of imide groups is 1. The van der Waals surface area contributed by atoms with Crippen LogP contribution in [0, 0.1) is 5.92 Å². The number of urea groups is 1. The Morgan fingerprint density at radius 3 is 2.56 bits per heavy atom. The molecule has 0 unspecified atom stereocenters. The van der Waals surface area contributed by atoms with E-state index in [0.717, 1.165) is 12.8 Å². The van der Waals surface area contributed by atoms with E-state index < -0.39 is 0 Å². The number of amides is 3. The summed E-state index contributed by atoms with van der Waals surface area (Å²) < 4.78 is 5.07. The minimum Gasteiger partial charge on any atom is -0.466 e. The molecule has 0 radical (unpaired) electrons. The maximum Gasteiger partial charge on any atom is 0.324 e. The van der Waals surface area contributed by atoms with Crippen LogP contribution in [0.5, 0.6) is 0 Å². The lowest BCUT2D eigenvalue weighted by molar-refractivity contribution is -0.149. The van der Waals surface area contributed by atoms with E-state index in [2.05, 4.69) is 20.5 Å². The monoisotopic (exact) mass is 467 g/mol. The lowest BCUT2D eigenvalue weighted by atomic mass is 9.97. The Morgan fingerprint density at radius 1 is 1.36 bits per heavy atom. The van der Waals surface area contributed by atoms with Gasteiger partial charge in [-0.05, 0) is 19.8 Å². The fraction of sp³-hybridized carbons (Fsp3) is 0.733. The van der Waals surface area contributed by atoms with Gasteiger partial charge in [-0.2, -0.15) is 0 Å². The molecule has 0 saturated carbocycles. The minimum atomic E-state index is -0.355. The number of likely N-dealkylation sites (tertiary alicyclic amines) is 1. The molecule has 2 saturated heterocycles. The number of esters is 1. The van der Waals surface area contributed by atoms with Crippen molar-refractivity contribution in [1.29, 1.82) is 0 Å². The number of halogens is 1. The van der Waals surface area contributed by atoms with Crippen molar-refractivity contribution in [1.82, 2.24) is 20.4 Å². The van der Waals surface area contributed by atoms with Crippen LogP contribution in [-0.4, -0.2) is 80.0 Å². The number of nitrogens with zero attached hydrogens (tertiary/aromatic N) is 3. The van der Waals surface area contributed by atoms with E-state index in [1.54, 1.807) is 7.05 Å². The third-order valence-corrected chi connectivity index (χ3v) is 4.18. The first-order chi connectivity index (χ1) is 11.6. The molecule has 0 aliphatic carbocycles. The van der Waals surface area contributed by atoms with Crippen molar-refractivity contribution < 1.29 is 19.1 Å². The molecule has 25 heavy (non-hydrogen) atoms. The molecule has 2 aliphatic rings. The van der Waals surface area contributed by atoms with E-state index in [4.69, 9.17) is 4.74 Å². The van der Waals surface area contributed by atoms with E-state index >= 15 is 0 Å². The quantitative estimate of drug-likeness (QED) is 0.194. The predicted octanol–water partition coefficient (Wildman–Crippen LogP) is 0.00670. The summed E-state index contributed by atoms with van der Waals surface area (Å²) in [7, 11) is 1.69. The van der Waals surface area contributed by atoms with E-state index in [1.165, 1.54) is 4.90 Å². The van der Waals surface area contributed by atoms with Gasteiger partial charge in [-0.1, -0.05) is 0 Å². The molecular weight excluding hydrogens is 441 g/mol. The fourth-order valence-electron chi connectivity index (χ4n) is 2.88. The molecule has 0 atom stereocenters. The number of piperidine rings is 1. The first-order valence-corrected chi connectivity index (χ1v) is 8.27. The van der Waals surface area contributed by atoms with Gasteiger partial charge in [-0.25, -0.2) is 4.79 Å². The highest BCUT2D eigenvalue weighted by Gasteiger charge is 2.29. The number of rotatable bonds is 5. The van der Waals surface area contributed by atoms with Gasteiger partial charge in [0.2, 0.25) is 5.91 Å². The summed E-state index contributed by atoms with van der Waals surface area (Å²) in [5, 5.41) is 5.65. The van der Waals surface area contributed by atoms with Gasteiger partial charge >= 0.3 is 12.0 Å². The van der Waals surface area contributed by atoms with Gasteiger partial charge < -0.3 is 20.3 Å². The molecule has 2 aliphatic heterocycles. The maximum absolute atomic E-state index is 11.8. The summed E-state index contributed by atoms with van der Waals surface area (Å²) in [6.45, 7) is 4.44. The molecule has 0 bridgehead atoms. The highest BCUT2D eigenvalue weighted by Crippen LogP contribution is 2.18. The zero-order chi connectivity index (χ0) is 17.5. The number of guanidine groups is 1. The first-order valence-electron chi connectivity index (χ1n) is 8.27. The highest BCUT2D eigenvalue weighted by atomic mass is 127. The Balaban J connectivity index is 0.00000312. The number of nitrogens with one attached hydrogen (secondary N) is 2. The van der Waals surface area contributed by atoms with Crippen molar-refractivity contribution >= 4 is 47.8 Å². The second-order valence-electron chi connectivity index (χ2n) is 5.69. The Morgan fingerprint density at radius 2 is 2.04 bits per heavy atom. The Hall–Kier alpha value is -1.59. The summed E-state index contributed by atoms with van der Waals surface area (Å²) in [5.74, 6) is 0.320. The van der Waals surface area contributed by atoms with Crippen molar-refractivity contribution in [3.05, 3.63) is 0 Å². The topological polar surface area (TPSA) is 103 Å². The SMILES string of the molecule is CCOC(=O)C1CCN(C(=NC)NCCN2C(=O)CNC2=O)CC1.I. The second kappa shape index (κ2) is 10.4. The van der Waals surface area contributed by atoms with Crippen LogP contribution in [0.25, 0.3) is 0 Å². The number of ether oxygens (including phenoxy) is 1. The van der Waals surface area contributed by atoms with E-state index in [1.807, 2.05) is 6.92 Å². The van der Waals surface area contributed by atoms with Crippen molar-refractivity contribution in [2.24, 2.45) is 10.9 Å². The van der Waals surface area contributed by atoms with Gasteiger partial charge in [0.05, 0.1) is 19.1 Å². The van der Waals surface area contributed by atoms with Crippen LogP contribution >= 0.6 is 24.0 Å². The van der Waals surface area contributed by atoms with Crippen LogP contribution in [0.4, 0.5) is 4.79 Å². The first kappa shape index (κ1) is 21.5. The molecule has 2 heterocycles. The normalized spacial score (nSPS) is 18.7. The van der Waals surface area contributed by atoms with Crippen LogP contribution in [0.2, 0.25) is 0 Å². The molecule has 142 valence electrons. The number of hydrogen-bond donors (Lipinski definition) is 2. The van der Waals surface area contributed by atoms with Gasteiger partial charge in [-0.3, -0.25) is 19.5 Å². The second-order valence-corrected chi connectivity index (χ2v) is 5.69. The molecule has 2 rings (SSSR count). The number of carbonyl (C=O) groups excluding carboxylic acids is 3. The van der Waals surface area contributed by atoms with Crippen molar-refractivity contribution in [2.75, 3.05) is 46.4 Å². The predicted molar refractivity (Wildman–Crippen MR) is 103 cm³/mol. The van der Waals surface area contributed by atoms with E-state index in [-0.39, 0.29) is 54.3 Å². The average molecular weight is 467 g/mol. The molecule has 0 aromatic heterocycles. The molecule has 9 nitrogen and oxygen atoms in total. The molecular formula is C15H26IN5O4. The number of hydrogen-bond acceptors (Lipinski definition) is 5. The van der Waals surface area contributed by atoms with Crippen LogP contribution < -0.4 is 10.6 Å². The molecule has 0 aromatic carbocycles. The summed E-state index contributed by atoms with van der Waals surface area (Å²) in [6.07, 6.45) is 1.46. The van der Waals surface area contributed by atoms with Crippen LogP contribution in [-0.2, 0) is 14.3 Å². The van der Waals surface area contributed by atoms with Gasteiger partial charge in [0.1, 0.15) is 0 Å². The zero-order valence-electron chi connectivity index (χ0n) is 14.6. The van der Waals surface area contributed by atoms with Crippen molar-refractivity contribution in [3.63, 3.8) is 0 Å². The number of carbonyl (C=O) groups is 3. The van der Waals surface area contributed by atoms with Crippen LogP contribution in [0.15, 0.2) is 4.99 Å². The van der Waals surface area contributed by atoms with Crippen LogP contribution in [0.1, 0.15) is 19.8 Å². The third-order valence-electron chi connectivity index (χ3n) is 4.18. The lowest BCUT2D eigenvalue weighted by Crippen LogP contribution is -2.48. The van der Waals surface area contributed by atoms with Gasteiger partial charge in [0, 0.05) is 33.2 Å². The lowest BCUT2D eigenvalue weighted by Gasteiger charge is -2.33. The Kier molecular flexibility index (Phi) is 8.93. The average Bonchev–Trinajstić information content (AvgIpc) is 2.91. The minimum absolute atomic E-state index is 0. The number of aliphatic imine (C=N–C) groups is 1. The largest absolute Gasteiger partial charge is 0.466 e. The van der Waals surface area contributed by atoms with E-state index in [9.17, 15) is 14.4 Å². The van der Waals surface area contributed by atoms with Gasteiger partial charge in [-0.15, -0.1) is 24.0 Å². The molecule has 0 aromatic rings. The molecule has 2 fully saturated rings. The summed E-state index contributed by atoms with van der Waals surface area (Å²) in [4.78, 5) is 42.2. The maximum atomic E-state index is 11.8. The molecule has 2 N–H and O–H groups in total. The Bertz CT molecular complexity index is 504. The van der Waals surface area contributed by atoms with Crippen molar-refractivity contribution in [2.45, 2.75) is 19.8 Å². The smallest absolute Gasteiger partial charge is 0.324 e. The Labute approximate surface area is 164 Å². The third kappa shape index (κ3) is 5.72. The summed E-state index contributed by atoms with van der Waals surface area (Å²) >= 11 is 0. The van der Waals surface area contributed by atoms with Gasteiger partial charge in [0.15, 0.2) is 5.96 Å². The van der Waals surface area contributed by atoms with Gasteiger partial charge in [0.25, 0.3) is 0 Å². The zero-order valence-corrected chi connectivity index (χ0v) is 16.9.